The van der Waals surface area contributed by atoms with Gasteiger partial charge in [-0.15, -0.1) is 6.58 Å². The summed E-state index contributed by atoms with van der Waals surface area (Å²) in [6.07, 6.45) is 1.93. The van der Waals surface area contributed by atoms with Crippen LogP contribution in [0.5, 0.6) is 5.75 Å². The first-order chi connectivity index (χ1) is 8.69. The van der Waals surface area contributed by atoms with Crippen LogP contribution in [0, 0.1) is 0 Å². The van der Waals surface area contributed by atoms with Gasteiger partial charge in [0, 0.05) is 30.4 Å². The first-order valence-electron chi connectivity index (χ1n) is 6.39. The zero-order chi connectivity index (χ0) is 13.5. The minimum atomic E-state index is 0.245. The van der Waals surface area contributed by atoms with E-state index in [1.165, 1.54) is 11.3 Å². The molecule has 1 atom stereocenters. The highest BCUT2D eigenvalue weighted by atomic mass is 16.5. The Morgan fingerprint density at radius 1 is 1.50 bits per heavy atom. The van der Waals surface area contributed by atoms with Crippen LogP contribution < -0.4 is 15.0 Å². The molecule has 100 valence electrons. The monoisotopic (exact) mass is 248 g/mol. The van der Waals surface area contributed by atoms with Gasteiger partial charge in [-0.1, -0.05) is 12.1 Å². The van der Waals surface area contributed by atoms with Crippen molar-refractivity contribution in [2.24, 2.45) is 0 Å². The molecule has 0 aliphatic carbocycles. The van der Waals surface area contributed by atoms with E-state index in [0.717, 1.165) is 18.8 Å². The highest BCUT2D eigenvalue weighted by molar-refractivity contribution is 5.61. The average molecular weight is 248 g/mol. The molecule has 1 aromatic rings. The van der Waals surface area contributed by atoms with Gasteiger partial charge in [-0.25, -0.2) is 0 Å². The predicted molar refractivity (Wildman–Crippen MR) is 78.6 cm³/mol. The fourth-order valence-electron chi connectivity index (χ4n) is 2.12. The molecule has 1 rings (SSSR count). The maximum Gasteiger partial charge on any atom is 0.125 e. The minimum Gasteiger partial charge on any atom is -0.496 e. The highest BCUT2D eigenvalue weighted by Crippen LogP contribution is 2.34. The van der Waals surface area contributed by atoms with Crippen molar-refractivity contribution in [1.82, 2.24) is 5.32 Å². The van der Waals surface area contributed by atoms with Crippen molar-refractivity contribution in [2.75, 3.05) is 32.1 Å². The van der Waals surface area contributed by atoms with Crippen LogP contribution in [0.3, 0.4) is 0 Å². The Kier molecular flexibility index (Phi) is 5.72. The van der Waals surface area contributed by atoms with E-state index in [1.807, 2.05) is 25.3 Å². The topological polar surface area (TPSA) is 24.5 Å². The predicted octanol–water partition coefficient (Wildman–Crippen LogP) is 2.99. The SMILES string of the molecule is C=CCN(CC)c1cccc(OC)c1C(C)NC. The largest absolute Gasteiger partial charge is 0.496 e. The molecule has 0 amide bonds. The van der Waals surface area contributed by atoms with Gasteiger partial charge < -0.3 is 15.0 Å². The molecular formula is C15H24N2O. The molecule has 3 heteroatoms. The zero-order valence-electron chi connectivity index (χ0n) is 11.9. The summed E-state index contributed by atoms with van der Waals surface area (Å²) >= 11 is 0. The molecule has 0 saturated carbocycles. The lowest BCUT2D eigenvalue weighted by Crippen LogP contribution is -2.26. The number of methoxy groups -OCH3 is 1. The van der Waals surface area contributed by atoms with Crippen LogP contribution >= 0.6 is 0 Å². The fourth-order valence-corrected chi connectivity index (χ4v) is 2.12. The van der Waals surface area contributed by atoms with E-state index in [0.29, 0.717) is 0 Å². The smallest absolute Gasteiger partial charge is 0.125 e. The summed E-state index contributed by atoms with van der Waals surface area (Å²) in [6, 6.07) is 6.42. The molecule has 0 aromatic heterocycles. The molecule has 0 saturated heterocycles. The Bertz CT molecular complexity index is 390. The van der Waals surface area contributed by atoms with Crippen LogP contribution in [0.1, 0.15) is 25.5 Å². The third-order valence-electron chi connectivity index (χ3n) is 3.20. The fraction of sp³-hybridized carbons (Fsp3) is 0.467. The van der Waals surface area contributed by atoms with E-state index < -0.39 is 0 Å². The maximum absolute atomic E-state index is 5.49. The molecule has 3 nitrogen and oxygen atoms in total. The maximum atomic E-state index is 5.49. The summed E-state index contributed by atoms with van der Waals surface area (Å²) in [5, 5.41) is 3.28. The molecule has 0 radical (unpaired) electrons. The van der Waals surface area contributed by atoms with Gasteiger partial charge >= 0.3 is 0 Å². The van der Waals surface area contributed by atoms with Gasteiger partial charge in [-0.3, -0.25) is 0 Å². The zero-order valence-corrected chi connectivity index (χ0v) is 11.9. The first-order valence-corrected chi connectivity index (χ1v) is 6.39. The van der Waals surface area contributed by atoms with Crippen LogP contribution in [0.15, 0.2) is 30.9 Å². The van der Waals surface area contributed by atoms with Gasteiger partial charge in [0.05, 0.1) is 7.11 Å². The van der Waals surface area contributed by atoms with E-state index in [9.17, 15) is 0 Å². The van der Waals surface area contributed by atoms with Gasteiger partial charge in [0.15, 0.2) is 0 Å². The number of hydrogen-bond donors (Lipinski definition) is 1. The van der Waals surface area contributed by atoms with E-state index >= 15 is 0 Å². The third kappa shape index (κ3) is 3.05. The number of nitrogens with zero attached hydrogens (tertiary/aromatic N) is 1. The van der Waals surface area contributed by atoms with Crippen LogP contribution in [-0.4, -0.2) is 27.2 Å². The van der Waals surface area contributed by atoms with E-state index in [1.54, 1.807) is 7.11 Å². The third-order valence-corrected chi connectivity index (χ3v) is 3.20. The van der Waals surface area contributed by atoms with Crippen LogP contribution in [0.4, 0.5) is 5.69 Å². The van der Waals surface area contributed by atoms with E-state index in [-0.39, 0.29) is 6.04 Å². The Morgan fingerprint density at radius 2 is 2.22 bits per heavy atom. The van der Waals surface area contributed by atoms with Crippen molar-refractivity contribution in [1.29, 1.82) is 0 Å². The van der Waals surface area contributed by atoms with Gasteiger partial charge in [0.1, 0.15) is 5.75 Å². The Hall–Kier alpha value is -1.48. The second kappa shape index (κ2) is 7.07. The molecule has 1 N–H and O–H groups in total. The van der Waals surface area contributed by atoms with Crippen LogP contribution in [0.2, 0.25) is 0 Å². The lowest BCUT2D eigenvalue weighted by Gasteiger charge is -2.28. The quantitative estimate of drug-likeness (QED) is 0.751. The molecule has 0 bridgehead atoms. The summed E-state index contributed by atoms with van der Waals surface area (Å²) in [7, 11) is 3.68. The number of anilines is 1. The molecule has 18 heavy (non-hydrogen) atoms. The molecule has 0 spiro atoms. The Morgan fingerprint density at radius 3 is 2.72 bits per heavy atom. The van der Waals surface area contributed by atoms with Gasteiger partial charge in [-0.2, -0.15) is 0 Å². The molecule has 0 aliphatic rings. The number of rotatable bonds is 7. The van der Waals surface area contributed by atoms with Crippen molar-refractivity contribution in [3.05, 3.63) is 36.4 Å². The summed E-state index contributed by atoms with van der Waals surface area (Å²) in [5.74, 6) is 0.928. The molecular weight excluding hydrogens is 224 g/mol. The number of likely N-dealkylation sites (N-methyl/N-ethyl adjacent to an activating group) is 1. The molecule has 1 aromatic carbocycles. The van der Waals surface area contributed by atoms with Gasteiger partial charge in [0.2, 0.25) is 0 Å². The minimum absolute atomic E-state index is 0.245. The summed E-state index contributed by atoms with van der Waals surface area (Å²) in [5.41, 5.74) is 2.41. The second-order valence-electron chi connectivity index (χ2n) is 4.23. The van der Waals surface area contributed by atoms with Gasteiger partial charge in [0.25, 0.3) is 0 Å². The van der Waals surface area contributed by atoms with E-state index in [2.05, 4.69) is 36.7 Å². The number of benzene rings is 1. The normalized spacial score (nSPS) is 12.0. The Labute approximate surface area is 110 Å². The molecule has 1 unspecified atom stereocenters. The number of ether oxygens (including phenoxy) is 1. The van der Waals surface area contributed by atoms with Crippen molar-refractivity contribution in [2.45, 2.75) is 19.9 Å². The van der Waals surface area contributed by atoms with Crippen molar-refractivity contribution >= 4 is 5.69 Å². The lowest BCUT2D eigenvalue weighted by molar-refractivity contribution is 0.404. The molecule has 0 aliphatic heterocycles. The summed E-state index contributed by atoms with van der Waals surface area (Å²) < 4.78 is 5.49. The first kappa shape index (κ1) is 14.6. The standard InChI is InChI=1S/C15H24N2O/c1-6-11-17(7-2)13-9-8-10-14(18-5)15(13)12(3)16-4/h6,8-10,12,16H,1,7,11H2,2-5H3. The summed E-state index contributed by atoms with van der Waals surface area (Å²) in [6.45, 7) is 9.90. The van der Waals surface area contributed by atoms with E-state index in [4.69, 9.17) is 4.74 Å². The van der Waals surface area contributed by atoms with Gasteiger partial charge in [-0.05, 0) is 33.0 Å². The van der Waals surface area contributed by atoms with Crippen LogP contribution in [-0.2, 0) is 0 Å². The van der Waals surface area contributed by atoms with Crippen LogP contribution in [0.25, 0.3) is 0 Å². The molecule has 0 fully saturated rings. The number of hydrogen-bond acceptors (Lipinski definition) is 3. The second-order valence-corrected chi connectivity index (χ2v) is 4.23. The van der Waals surface area contributed by atoms with Crippen molar-refractivity contribution < 1.29 is 4.74 Å². The molecule has 0 heterocycles. The highest BCUT2D eigenvalue weighted by Gasteiger charge is 2.17. The van der Waals surface area contributed by atoms with Crippen molar-refractivity contribution in [3.63, 3.8) is 0 Å². The Balaban J connectivity index is 3.27. The van der Waals surface area contributed by atoms with Crippen molar-refractivity contribution in [3.8, 4) is 5.75 Å². The number of nitrogens with one attached hydrogen (secondary N) is 1. The summed E-state index contributed by atoms with van der Waals surface area (Å²) in [4.78, 5) is 2.29. The average Bonchev–Trinajstić information content (AvgIpc) is 2.43. The lowest BCUT2D eigenvalue weighted by atomic mass is 10.0.